The van der Waals surface area contributed by atoms with Crippen LogP contribution in [-0.2, 0) is 21.4 Å². The lowest BCUT2D eigenvalue weighted by Crippen LogP contribution is -2.44. The lowest BCUT2D eigenvalue weighted by molar-refractivity contribution is -0.123. The van der Waals surface area contributed by atoms with E-state index in [1.54, 1.807) is 41.5 Å². The van der Waals surface area contributed by atoms with Crippen molar-refractivity contribution in [3.05, 3.63) is 72.2 Å². The van der Waals surface area contributed by atoms with Gasteiger partial charge in [0, 0.05) is 19.0 Å². The van der Waals surface area contributed by atoms with Crippen LogP contribution < -0.4 is 9.64 Å². The van der Waals surface area contributed by atoms with Crippen molar-refractivity contribution in [2.45, 2.75) is 31.2 Å². The number of sulfonamides is 1. The first-order chi connectivity index (χ1) is 17.3. The third kappa shape index (κ3) is 4.88. The highest BCUT2D eigenvalue weighted by Crippen LogP contribution is 2.33. The van der Waals surface area contributed by atoms with Crippen LogP contribution in [0.2, 0.25) is 0 Å². The van der Waals surface area contributed by atoms with E-state index in [4.69, 9.17) is 14.1 Å². The van der Waals surface area contributed by atoms with Gasteiger partial charge >= 0.3 is 0 Å². The molecule has 3 heterocycles. The van der Waals surface area contributed by atoms with Crippen molar-refractivity contribution in [1.82, 2.24) is 9.29 Å². The smallest absolute Gasteiger partial charge is 0.243 e. The SMILES string of the molecule is COc1ccc(S(=O)(=O)N2CCC(C(=O)N(Cc3ccco3)c3nc4ccc(C)cc4s3)CC2)cc1. The zero-order chi connectivity index (χ0) is 25.3. The first-order valence-electron chi connectivity index (χ1n) is 11.7. The average molecular weight is 526 g/mol. The Labute approximate surface area is 214 Å². The molecular formula is C26H27N3O5S2. The van der Waals surface area contributed by atoms with Crippen LogP contribution >= 0.6 is 11.3 Å². The van der Waals surface area contributed by atoms with Gasteiger partial charge in [0.05, 0.1) is 35.0 Å². The summed E-state index contributed by atoms with van der Waals surface area (Å²) in [4.78, 5) is 20.4. The zero-order valence-electron chi connectivity index (χ0n) is 20.1. The number of benzene rings is 2. The van der Waals surface area contributed by atoms with E-state index in [0.29, 0.717) is 29.5 Å². The maximum absolute atomic E-state index is 13.7. The van der Waals surface area contributed by atoms with E-state index in [9.17, 15) is 13.2 Å². The number of hydrogen-bond donors (Lipinski definition) is 0. The predicted molar refractivity (Wildman–Crippen MR) is 139 cm³/mol. The third-order valence-corrected chi connectivity index (χ3v) is 9.38. The molecule has 2 aromatic heterocycles. The molecule has 0 atom stereocenters. The Morgan fingerprint density at radius 2 is 1.92 bits per heavy atom. The van der Waals surface area contributed by atoms with Crippen LogP contribution in [0.15, 0.2) is 70.2 Å². The van der Waals surface area contributed by atoms with Crippen molar-refractivity contribution in [2.75, 3.05) is 25.1 Å². The van der Waals surface area contributed by atoms with Crippen LogP contribution in [-0.4, -0.2) is 43.8 Å². The van der Waals surface area contributed by atoms with Crippen LogP contribution in [0.5, 0.6) is 5.75 Å². The summed E-state index contributed by atoms with van der Waals surface area (Å²) in [6.45, 7) is 2.85. The number of carbonyl (C=O) groups is 1. The molecule has 0 radical (unpaired) electrons. The number of amides is 1. The standard InChI is InChI=1S/C26H27N3O5S2/c1-18-5-10-23-24(16-18)35-26(27-23)29(17-21-4-3-15-34-21)25(30)19-11-13-28(14-12-19)36(31,32)22-8-6-20(33-2)7-9-22/h3-10,15-16,19H,11-14,17H2,1-2H3. The number of methoxy groups -OCH3 is 1. The number of hydrogen-bond acceptors (Lipinski definition) is 7. The molecule has 2 aromatic carbocycles. The average Bonchev–Trinajstić information content (AvgIpc) is 3.56. The molecule has 1 aliphatic rings. The second kappa shape index (κ2) is 10.0. The predicted octanol–water partition coefficient (Wildman–Crippen LogP) is 4.84. The summed E-state index contributed by atoms with van der Waals surface area (Å²) in [6, 6.07) is 16.0. The first-order valence-corrected chi connectivity index (χ1v) is 14.0. The molecule has 0 bridgehead atoms. The molecule has 1 amide bonds. The van der Waals surface area contributed by atoms with Crippen LogP contribution in [0.3, 0.4) is 0 Å². The molecule has 0 unspecified atom stereocenters. The minimum absolute atomic E-state index is 0.0660. The molecule has 8 nitrogen and oxygen atoms in total. The Kier molecular flexibility index (Phi) is 6.83. The van der Waals surface area contributed by atoms with Crippen LogP contribution in [0.25, 0.3) is 10.2 Å². The van der Waals surface area contributed by atoms with Gasteiger partial charge in [-0.25, -0.2) is 13.4 Å². The molecule has 0 spiro atoms. The summed E-state index contributed by atoms with van der Waals surface area (Å²) < 4.78 is 39.4. The number of piperidine rings is 1. The highest BCUT2D eigenvalue weighted by molar-refractivity contribution is 7.89. The monoisotopic (exact) mass is 525 g/mol. The molecule has 10 heteroatoms. The summed E-state index contributed by atoms with van der Waals surface area (Å²) in [5.41, 5.74) is 1.98. The van der Waals surface area contributed by atoms with E-state index < -0.39 is 10.0 Å². The molecule has 0 N–H and O–H groups in total. The van der Waals surface area contributed by atoms with Gasteiger partial charge in [0.25, 0.3) is 0 Å². The Balaban J connectivity index is 1.34. The number of ether oxygens (including phenoxy) is 1. The maximum atomic E-state index is 13.7. The third-order valence-electron chi connectivity index (χ3n) is 6.42. The molecule has 0 saturated carbocycles. The summed E-state index contributed by atoms with van der Waals surface area (Å²) in [5.74, 6) is 0.887. The molecule has 0 aliphatic carbocycles. The lowest BCUT2D eigenvalue weighted by atomic mass is 9.96. The fourth-order valence-corrected chi connectivity index (χ4v) is 6.93. The highest BCUT2D eigenvalue weighted by atomic mass is 32.2. The van der Waals surface area contributed by atoms with E-state index in [0.717, 1.165) is 15.8 Å². The second-order valence-electron chi connectivity index (χ2n) is 8.83. The Morgan fingerprint density at radius 3 is 2.58 bits per heavy atom. The number of fused-ring (bicyclic) bond motifs is 1. The van der Waals surface area contributed by atoms with E-state index in [1.807, 2.05) is 25.1 Å². The number of aromatic nitrogens is 1. The fourth-order valence-electron chi connectivity index (χ4n) is 4.39. The quantitative estimate of drug-likeness (QED) is 0.343. The first kappa shape index (κ1) is 24.5. The van der Waals surface area contributed by atoms with Gasteiger partial charge in [0.1, 0.15) is 11.5 Å². The molecule has 4 aromatic rings. The number of nitrogens with zero attached hydrogens (tertiary/aromatic N) is 3. The fraction of sp³-hybridized carbons (Fsp3) is 0.308. The van der Waals surface area contributed by atoms with Crippen molar-refractivity contribution in [1.29, 1.82) is 0 Å². The number of carbonyl (C=O) groups excluding carboxylic acids is 1. The second-order valence-corrected chi connectivity index (χ2v) is 11.8. The highest BCUT2D eigenvalue weighted by Gasteiger charge is 2.35. The summed E-state index contributed by atoms with van der Waals surface area (Å²) in [5, 5.41) is 0.616. The summed E-state index contributed by atoms with van der Waals surface area (Å²) in [7, 11) is -2.11. The van der Waals surface area contributed by atoms with Crippen molar-refractivity contribution in [3.8, 4) is 5.75 Å². The zero-order valence-corrected chi connectivity index (χ0v) is 21.7. The van der Waals surface area contributed by atoms with E-state index in [1.165, 1.54) is 22.8 Å². The van der Waals surface area contributed by atoms with Gasteiger partial charge < -0.3 is 9.15 Å². The van der Waals surface area contributed by atoms with Crippen molar-refractivity contribution in [3.63, 3.8) is 0 Å². The summed E-state index contributed by atoms with van der Waals surface area (Å²) in [6.07, 6.45) is 2.46. The van der Waals surface area contributed by atoms with Crippen molar-refractivity contribution >= 4 is 42.6 Å². The molecule has 5 rings (SSSR count). The Hall–Kier alpha value is -3.21. The van der Waals surface area contributed by atoms with Gasteiger partial charge in [0.15, 0.2) is 5.13 Å². The van der Waals surface area contributed by atoms with Crippen LogP contribution in [0, 0.1) is 12.8 Å². The van der Waals surface area contributed by atoms with Crippen molar-refractivity contribution < 1.29 is 22.4 Å². The Bertz CT molecular complexity index is 1460. The molecule has 1 aliphatic heterocycles. The Morgan fingerprint density at radius 1 is 1.17 bits per heavy atom. The van der Waals surface area contributed by atoms with Gasteiger partial charge in [-0.3, -0.25) is 9.69 Å². The molecule has 188 valence electrons. The number of anilines is 1. The number of thiazole rings is 1. The van der Waals surface area contributed by atoms with Gasteiger partial charge in [-0.1, -0.05) is 17.4 Å². The molecular weight excluding hydrogens is 498 g/mol. The van der Waals surface area contributed by atoms with Gasteiger partial charge in [-0.05, 0) is 73.9 Å². The minimum atomic E-state index is -3.64. The van der Waals surface area contributed by atoms with E-state index >= 15 is 0 Å². The van der Waals surface area contributed by atoms with E-state index in [-0.39, 0.29) is 36.4 Å². The van der Waals surface area contributed by atoms with E-state index in [2.05, 4.69) is 6.07 Å². The molecule has 1 fully saturated rings. The topological polar surface area (TPSA) is 93.0 Å². The van der Waals surface area contributed by atoms with Gasteiger partial charge in [0.2, 0.25) is 15.9 Å². The number of aryl methyl sites for hydroxylation is 1. The minimum Gasteiger partial charge on any atom is -0.497 e. The van der Waals surface area contributed by atoms with Crippen molar-refractivity contribution in [2.24, 2.45) is 5.92 Å². The van der Waals surface area contributed by atoms with Gasteiger partial charge in [-0.2, -0.15) is 4.31 Å². The van der Waals surface area contributed by atoms with Crippen LogP contribution in [0.4, 0.5) is 5.13 Å². The maximum Gasteiger partial charge on any atom is 0.243 e. The lowest BCUT2D eigenvalue weighted by Gasteiger charge is -2.32. The van der Waals surface area contributed by atoms with Crippen LogP contribution in [0.1, 0.15) is 24.2 Å². The number of rotatable bonds is 7. The summed E-state index contributed by atoms with van der Waals surface area (Å²) >= 11 is 1.47. The largest absolute Gasteiger partial charge is 0.497 e. The molecule has 1 saturated heterocycles. The van der Waals surface area contributed by atoms with Gasteiger partial charge in [-0.15, -0.1) is 0 Å². The molecule has 36 heavy (non-hydrogen) atoms. The normalized spacial score (nSPS) is 15.3. The number of furan rings is 1.